The van der Waals surface area contributed by atoms with Crippen molar-refractivity contribution in [1.29, 1.82) is 0 Å². The number of likely N-dealkylation sites (tertiary alicyclic amines) is 1. The molecule has 0 saturated carbocycles. The zero-order valence-electron chi connectivity index (χ0n) is 11.5. The van der Waals surface area contributed by atoms with E-state index in [9.17, 15) is 9.90 Å². The van der Waals surface area contributed by atoms with Crippen LogP contribution in [0.1, 0.15) is 44.7 Å². The van der Waals surface area contributed by atoms with Gasteiger partial charge in [-0.15, -0.1) is 11.3 Å². The predicted molar refractivity (Wildman–Crippen MR) is 73.0 cm³/mol. The lowest BCUT2D eigenvalue weighted by molar-refractivity contribution is 0.00487. The van der Waals surface area contributed by atoms with Gasteiger partial charge in [0.15, 0.2) is 0 Å². The Bertz CT molecular complexity index is 428. The molecule has 0 radical (unpaired) electrons. The Labute approximate surface area is 117 Å². The topological polar surface area (TPSA) is 62.7 Å². The molecule has 2 rings (SSSR count). The summed E-state index contributed by atoms with van der Waals surface area (Å²) in [7, 11) is 0. The van der Waals surface area contributed by atoms with Gasteiger partial charge >= 0.3 is 6.09 Å². The molecule has 1 amide bonds. The van der Waals surface area contributed by atoms with Crippen LogP contribution in [0, 0.1) is 0 Å². The molecule has 0 unspecified atom stereocenters. The molecule has 1 aromatic rings. The number of thiazole rings is 1. The summed E-state index contributed by atoms with van der Waals surface area (Å²) in [6.07, 6.45) is 2.24. The third-order valence-electron chi connectivity index (χ3n) is 3.00. The monoisotopic (exact) mass is 284 g/mol. The van der Waals surface area contributed by atoms with E-state index < -0.39 is 11.7 Å². The molecule has 2 atom stereocenters. The Hall–Kier alpha value is -1.14. The van der Waals surface area contributed by atoms with Crippen LogP contribution in [-0.2, 0) is 4.74 Å². The molecule has 0 spiro atoms. The lowest BCUT2D eigenvalue weighted by Crippen LogP contribution is -2.42. The van der Waals surface area contributed by atoms with Crippen molar-refractivity contribution in [1.82, 2.24) is 9.88 Å². The van der Waals surface area contributed by atoms with Gasteiger partial charge in [0, 0.05) is 18.1 Å². The van der Waals surface area contributed by atoms with Gasteiger partial charge in [0.2, 0.25) is 0 Å². The van der Waals surface area contributed by atoms with Gasteiger partial charge in [-0.2, -0.15) is 0 Å². The van der Waals surface area contributed by atoms with E-state index in [0.29, 0.717) is 11.6 Å². The summed E-state index contributed by atoms with van der Waals surface area (Å²) in [4.78, 5) is 17.9. The maximum Gasteiger partial charge on any atom is 0.410 e. The lowest BCUT2D eigenvalue weighted by atomic mass is 10.1. The summed E-state index contributed by atoms with van der Waals surface area (Å²) in [6.45, 7) is 6.15. The van der Waals surface area contributed by atoms with Crippen LogP contribution in [0.5, 0.6) is 0 Å². The Morgan fingerprint density at radius 2 is 2.37 bits per heavy atom. The van der Waals surface area contributed by atoms with Gasteiger partial charge in [0.05, 0.1) is 6.04 Å². The summed E-state index contributed by atoms with van der Waals surface area (Å²) in [5, 5.41) is 12.8. The minimum absolute atomic E-state index is 0.235. The van der Waals surface area contributed by atoms with Crippen LogP contribution in [-0.4, -0.2) is 39.3 Å². The second-order valence-electron chi connectivity index (χ2n) is 5.70. The third kappa shape index (κ3) is 3.45. The van der Waals surface area contributed by atoms with E-state index in [4.69, 9.17) is 4.74 Å². The van der Waals surface area contributed by atoms with Gasteiger partial charge in [0.25, 0.3) is 0 Å². The van der Waals surface area contributed by atoms with Crippen molar-refractivity contribution in [2.45, 2.75) is 51.4 Å². The van der Waals surface area contributed by atoms with E-state index in [1.54, 1.807) is 11.1 Å². The number of aliphatic hydroxyl groups is 1. The Kier molecular flexibility index (Phi) is 4.10. The maximum atomic E-state index is 12.1. The summed E-state index contributed by atoms with van der Waals surface area (Å²) in [5.41, 5.74) is -0.518. The molecule has 2 heterocycles. The number of carbonyl (C=O) groups excluding carboxylic acids is 1. The van der Waals surface area contributed by atoms with Crippen molar-refractivity contribution in [3.63, 3.8) is 0 Å². The van der Waals surface area contributed by atoms with E-state index in [-0.39, 0.29) is 12.1 Å². The molecule has 5 nitrogen and oxygen atoms in total. The van der Waals surface area contributed by atoms with Crippen LogP contribution in [0.2, 0.25) is 0 Å². The molecule has 6 heteroatoms. The van der Waals surface area contributed by atoms with E-state index >= 15 is 0 Å². The van der Waals surface area contributed by atoms with Crippen LogP contribution in [0.3, 0.4) is 0 Å². The highest BCUT2D eigenvalue weighted by molar-refractivity contribution is 7.09. The molecule has 1 aromatic heterocycles. The molecule has 1 aliphatic heterocycles. The molecule has 0 bridgehead atoms. The Morgan fingerprint density at radius 3 is 2.95 bits per heavy atom. The minimum atomic E-state index is -0.727. The van der Waals surface area contributed by atoms with Crippen LogP contribution in [0.15, 0.2) is 11.6 Å². The fourth-order valence-corrected chi connectivity index (χ4v) is 2.89. The van der Waals surface area contributed by atoms with E-state index in [2.05, 4.69) is 4.98 Å². The highest BCUT2D eigenvalue weighted by Gasteiger charge is 2.37. The van der Waals surface area contributed by atoms with Crippen LogP contribution < -0.4 is 0 Å². The van der Waals surface area contributed by atoms with Crippen LogP contribution in [0.4, 0.5) is 4.79 Å². The standard InChI is InChI=1S/C13H20N2O3S/c1-13(2,3)18-12(17)15-7-4-5-9(15)10(16)11-14-6-8-19-11/h6,8-10,16H,4-5,7H2,1-3H3/t9-,10+/m0/s1. The van der Waals surface area contributed by atoms with E-state index in [0.717, 1.165) is 12.8 Å². The van der Waals surface area contributed by atoms with Gasteiger partial charge in [0.1, 0.15) is 16.7 Å². The number of amides is 1. The molecule has 0 aromatic carbocycles. The fourth-order valence-electron chi connectivity index (χ4n) is 2.21. The first-order valence-corrected chi connectivity index (χ1v) is 7.33. The van der Waals surface area contributed by atoms with Gasteiger partial charge in [-0.3, -0.25) is 0 Å². The average molecular weight is 284 g/mol. The molecule has 106 valence electrons. The molecule has 1 fully saturated rings. The first kappa shape index (κ1) is 14.3. The van der Waals surface area contributed by atoms with Crippen molar-refractivity contribution < 1.29 is 14.6 Å². The minimum Gasteiger partial charge on any atom is -0.444 e. The van der Waals surface area contributed by atoms with E-state index in [1.165, 1.54) is 11.3 Å². The molecule has 1 aliphatic rings. The lowest BCUT2D eigenvalue weighted by Gasteiger charge is -2.30. The molecule has 19 heavy (non-hydrogen) atoms. The largest absolute Gasteiger partial charge is 0.444 e. The Balaban J connectivity index is 2.06. The molecular formula is C13H20N2O3S. The fraction of sp³-hybridized carbons (Fsp3) is 0.692. The second-order valence-corrected chi connectivity index (χ2v) is 6.62. The highest BCUT2D eigenvalue weighted by atomic mass is 32.1. The molecule has 0 aliphatic carbocycles. The van der Waals surface area contributed by atoms with Crippen molar-refractivity contribution in [3.05, 3.63) is 16.6 Å². The third-order valence-corrected chi connectivity index (χ3v) is 3.84. The smallest absolute Gasteiger partial charge is 0.410 e. The van der Waals surface area contributed by atoms with Gasteiger partial charge < -0.3 is 14.7 Å². The first-order valence-electron chi connectivity index (χ1n) is 6.45. The van der Waals surface area contributed by atoms with Crippen molar-refractivity contribution in [2.75, 3.05) is 6.54 Å². The predicted octanol–water partition coefficient (Wildman–Crippen LogP) is 2.58. The maximum absolute atomic E-state index is 12.1. The normalized spacial score (nSPS) is 21.5. The number of carbonyl (C=O) groups is 1. The first-order chi connectivity index (χ1) is 8.88. The molecular weight excluding hydrogens is 264 g/mol. The number of aromatic nitrogens is 1. The molecule has 1 N–H and O–H groups in total. The zero-order chi connectivity index (χ0) is 14.0. The number of hydrogen-bond donors (Lipinski definition) is 1. The molecule has 1 saturated heterocycles. The van der Waals surface area contributed by atoms with Gasteiger partial charge in [-0.25, -0.2) is 9.78 Å². The number of ether oxygens (including phenoxy) is 1. The van der Waals surface area contributed by atoms with Crippen LogP contribution in [0.25, 0.3) is 0 Å². The summed E-state index contributed by atoms with van der Waals surface area (Å²) in [5.74, 6) is 0. The van der Waals surface area contributed by atoms with Crippen molar-refractivity contribution in [2.24, 2.45) is 0 Å². The van der Waals surface area contributed by atoms with Crippen LogP contribution >= 0.6 is 11.3 Å². The van der Waals surface area contributed by atoms with Gasteiger partial charge in [-0.1, -0.05) is 0 Å². The Morgan fingerprint density at radius 1 is 1.63 bits per heavy atom. The number of rotatable bonds is 2. The summed E-state index contributed by atoms with van der Waals surface area (Å²) >= 11 is 1.40. The summed E-state index contributed by atoms with van der Waals surface area (Å²) < 4.78 is 5.38. The zero-order valence-corrected chi connectivity index (χ0v) is 12.3. The summed E-state index contributed by atoms with van der Waals surface area (Å²) in [6, 6.07) is -0.235. The second kappa shape index (κ2) is 5.46. The SMILES string of the molecule is CC(C)(C)OC(=O)N1CCC[C@H]1[C@@H](O)c1nccs1. The number of nitrogens with zero attached hydrogens (tertiary/aromatic N) is 2. The number of hydrogen-bond acceptors (Lipinski definition) is 5. The average Bonchev–Trinajstić information content (AvgIpc) is 2.97. The number of aliphatic hydroxyl groups excluding tert-OH is 1. The highest BCUT2D eigenvalue weighted by Crippen LogP contribution is 2.31. The van der Waals surface area contributed by atoms with E-state index in [1.807, 2.05) is 26.2 Å². The quantitative estimate of drug-likeness (QED) is 0.906. The van der Waals surface area contributed by atoms with Gasteiger partial charge in [-0.05, 0) is 33.6 Å². The van der Waals surface area contributed by atoms with Crippen molar-refractivity contribution >= 4 is 17.4 Å². The van der Waals surface area contributed by atoms with Crippen molar-refractivity contribution in [3.8, 4) is 0 Å².